The smallest absolute Gasteiger partial charge is 0.328 e. The molecule has 1 aromatic rings. The highest BCUT2D eigenvalue weighted by Crippen LogP contribution is 2.19. The number of amides is 6. The molecule has 0 spiro atoms. The zero-order valence-electron chi connectivity index (χ0n) is 28.1. The van der Waals surface area contributed by atoms with Crippen LogP contribution >= 0.6 is 0 Å². The van der Waals surface area contributed by atoms with Gasteiger partial charge in [-0.05, 0) is 63.8 Å². The zero-order chi connectivity index (χ0) is 36.5. The van der Waals surface area contributed by atoms with Crippen molar-refractivity contribution < 1.29 is 48.5 Å². The van der Waals surface area contributed by atoms with Crippen LogP contribution in [0.1, 0.15) is 45.6 Å². The predicted molar refractivity (Wildman–Crippen MR) is 176 cm³/mol. The second-order valence-electron chi connectivity index (χ2n) is 11.3. The van der Waals surface area contributed by atoms with Crippen molar-refractivity contribution in [2.24, 2.45) is 0 Å². The van der Waals surface area contributed by atoms with Gasteiger partial charge in [0.05, 0.1) is 20.3 Å². The number of hydrogen-bond acceptors (Lipinski definition) is 10. The summed E-state index contributed by atoms with van der Waals surface area (Å²) >= 11 is 0. The first-order chi connectivity index (χ1) is 23.3. The van der Waals surface area contributed by atoms with Crippen molar-refractivity contribution in [3.63, 3.8) is 0 Å². The Morgan fingerprint density at radius 2 is 1.63 bits per heavy atom. The number of esters is 1. The van der Waals surface area contributed by atoms with Crippen molar-refractivity contribution >= 4 is 41.4 Å². The molecular formula is C33H46N6O10. The second kappa shape index (κ2) is 20.2. The largest absolute Gasteiger partial charge is 0.508 e. The van der Waals surface area contributed by atoms with Crippen LogP contribution in [0.25, 0.3) is 0 Å². The molecule has 16 heteroatoms. The van der Waals surface area contributed by atoms with Crippen LogP contribution in [0.2, 0.25) is 0 Å². The minimum Gasteiger partial charge on any atom is -0.508 e. The van der Waals surface area contributed by atoms with Crippen LogP contribution in [-0.2, 0) is 44.7 Å². The van der Waals surface area contributed by atoms with Crippen LogP contribution < -0.4 is 26.6 Å². The first kappa shape index (κ1) is 39.9. The van der Waals surface area contributed by atoms with Gasteiger partial charge in [0.2, 0.25) is 35.4 Å². The quantitative estimate of drug-likeness (QED) is 0.0582. The summed E-state index contributed by atoms with van der Waals surface area (Å²) in [5, 5.41) is 31.6. The highest BCUT2D eigenvalue weighted by Gasteiger charge is 2.38. The summed E-state index contributed by atoms with van der Waals surface area (Å²) in [7, 11) is 1.21. The van der Waals surface area contributed by atoms with Gasteiger partial charge in [0.15, 0.2) is 0 Å². The summed E-state index contributed by atoms with van der Waals surface area (Å²) in [4.78, 5) is 90.6. The molecule has 268 valence electrons. The Bertz CT molecular complexity index is 1400. The van der Waals surface area contributed by atoms with Crippen molar-refractivity contribution in [1.82, 2.24) is 31.5 Å². The number of benzene rings is 1. The average molecular weight is 687 g/mol. The molecule has 0 radical (unpaired) electrons. The summed E-state index contributed by atoms with van der Waals surface area (Å²) in [5.74, 6) is -4.69. The van der Waals surface area contributed by atoms with E-state index < -0.39 is 84.8 Å². The molecule has 0 saturated carbocycles. The van der Waals surface area contributed by atoms with Crippen molar-refractivity contribution in [2.45, 2.75) is 76.7 Å². The number of ether oxygens (including phenoxy) is 1. The van der Waals surface area contributed by atoms with Crippen molar-refractivity contribution in [3.8, 4) is 5.75 Å². The summed E-state index contributed by atoms with van der Waals surface area (Å²) in [6.45, 7) is 3.73. The fourth-order valence-electron chi connectivity index (χ4n) is 5.01. The van der Waals surface area contributed by atoms with Crippen molar-refractivity contribution in [2.75, 3.05) is 26.8 Å². The number of hydrogen-bond donors (Lipinski definition) is 7. The van der Waals surface area contributed by atoms with Crippen LogP contribution in [0.5, 0.6) is 5.75 Å². The number of phenolic OH excluding ortho intramolecular Hbond substituents is 1. The highest BCUT2D eigenvalue weighted by atomic mass is 16.5. The number of carbonyl (C=O) groups excluding carboxylic acids is 7. The molecule has 7 N–H and O–H groups in total. The maximum absolute atomic E-state index is 13.3. The zero-order valence-corrected chi connectivity index (χ0v) is 28.1. The second-order valence-corrected chi connectivity index (χ2v) is 11.3. The number of carbonyl (C=O) groups is 7. The normalized spacial score (nSPS) is 16.7. The van der Waals surface area contributed by atoms with E-state index in [0.717, 1.165) is 6.08 Å². The number of methoxy groups -OCH3 is 1. The van der Waals surface area contributed by atoms with E-state index in [-0.39, 0.29) is 25.1 Å². The van der Waals surface area contributed by atoms with Gasteiger partial charge < -0.3 is 46.4 Å². The number of aromatic hydroxyl groups is 1. The molecule has 1 aliphatic heterocycles. The summed E-state index contributed by atoms with van der Waals surface area (Å²) in [6, 6.07) is 0.345. The molecule has 1 fully saturated rings. The monoisotopic (exact) mass is 686 g/mol. The molecule has 1 heterocycles. The fraction of sp³-hybridized carbons (Fsp3) is 0.485. The van der Waals surface area contributed by atoms with Gasteiger partial charge in [0, 0.05) is 13.0 Å². The number of aliphatic hydroxyl groups is 1. The molecule has 16 nitrogen and oxygen atoms in total. The molecule has 6 amide bonds. The van der Waals surface area contributed by atoms with Crippen LogP contribution in [0.4, 0.5) is 0 Å². The Kier molecular flexibility index (Phi) is 16.5. The first-order valence-electron chi connectivity index (χ1n) is 15.8. The third kappa shape index (κ3) is 12.7. The van der Waals surface area contributed by atoms with Gasteiger partial charge in [-0.1, -0.05) is 30.4 Å². The van der Waals surface area contributed by atoms with Gasteiger partial charge in [-0.3, -0.25) is 28.8 Å². The predicted octanol–water partition coefficient (Wildman–Crippen LogP) is -1.29. The Hall–Kier alpha value is -5.25. The van der Waals surface area contributed by atoms with Gasteiger partial charge in [0.25, 0.3) is 0 Å². The third-order valence-corrected chi connectivity index (χ3v) is 7.56. The van der Waals surface area contributed by atoms with Gasteiger partial charge in [-0.15, -0.1) is 0 Å². The molecule has 5 atom stereocenters. The first-order valence-corrected chi connectivity index (χ1v) is 15.8. The average Bonchev–Trinajstić information content (AvgIpc) is 3.58. The summed E-state index contributed by atoms with van der Waals surface area (Å²) in [6.07, 6.45) is 7.06. The summed E-state index contributed by atoms with van der Waals surface area (Å²) in [5.41, 5.74) is 0.546. The molecule has 0 bridgehead atoms. The molecule has 5 unspecified atom stereocenters. The van der Waals surface area contributed by atoms with E-state index in [9.17, 15) is 43.8 Å². The number of phenols is 1. The number of nitrogens with one attached hydrogen (secondary N) is 5. The van der Waals surface area contributed by atoms with Crippen LogP contribution in [0.15, 0.2) is 48.6 Å². The number of aliphatic hydroxyl groups excluding tert-OH is 1. The minimum atomic E-state index is -1.37. The van der Waals surface area contributed by atoms with Gasteiger partial charge in [-0.2, -0.15) is 0 Å². The van der Waals surface area contributed by atoms with Crippen LogP contribution in [-0.4, -0.2) is 114 Å². The summed E-state index contributed by atoms with van der Waals surface area (Å²) < 4.78 is 4.77. The number of allylic oxidation sites excluding steroid dienone is 2. The van der Waals surface area contributed by atoms with E-state index in [1.165, 1.54) is 49.3 Å². The minimum absolute atomic E-state index is 0.0168. The fourth-order valence-corrected chi connectivity index (χ4v) is 5.01. The Balaban J connectivity index is 2.05. The lowest BCUT2D eigenvalue weighted by Crippen LogP contribution is -2.57. The molecular weight excluding hydrogens is 640 g/mol. The van der Waals surface area contributed by atoms with Gasteiger partial charge in [0.1, 0.15) is 36.0 Å². The molecule has 1 aromatic carbocycles. The topological polar surface area (TPSA) is 233 Å². The van der Waals surface area contributed by atoms with E-state index in [1.54, 1.807) is 26.0 Å². The molecule has 2 rings (SSSR count). The number of rotatable bonds is 17. The molecule has 1 aliphatic rings. The van der Waals surface area contributed by atoms with Gasteiger partial charge in [-0.25, -0.2) is 4.79 Å². The van der Waals surface area contributed by atoms with E-state index >= 15 is 0 Å². The van der Waals surface area contributed by atoms with E-state index in [4.69, 9.17) is 4.74 Å². The van der Waals surface area contributed by atoms with E-state index in [0.29, 0.717) is 18.4 Å². The van der Waals surface area contributed by atoms with Crippen molar-refractivity contribution in [3.05, 3.63) is 54.1 Å². The van der Waals surface area contributed by atoms with Crippen molar-refractivity contribution in [1.29, 1.82) is 0 Å². The Morgan fingerprint density at radius 3 is 2.24 bits per heavy atom. The molecule has 0 aliphatic carbocycles. The SMILES string of the molecule is C/C=C/CC(NC(=O)C1CCCN1C(=O)C(C)NC(=O)CNC(=O)C(Cc1ccc(O)cc1)NC(=O)C(CO)NC(=O)/C=C/C)C(=O)OC. The van der Waals surface area contributed by atoms with E-state index in [1.807, 2.05) is 0 Å². The van der Waals surface area contributed by atoms with Crippen LogP contribution in [0, 0.1) is 0 Å². The molecule has 1 saturated heterocycles. The highest BCUT2D eigenvalue weighted by molar-refractivity contribution is 5.97. The maximum atomic E-state index is 13.3. The lowest BCUT2D eigenvalue weighted by atomic mass is 10.0. The van der Waals surface area contributed by atoms with Crippen LogP contribution in [0.3, 0.4) is 0 Å². The Morgan fingerprint density at radius 1 is 0.939 bits per heavy atom. The number of nitrogens with zero attached hydrogens (tertiary/aromatic N) is 1. The Labute approximate surface area is 284 Å². The number of likely N-dealkylation sites (tertiary alicyclic amines) is 1. The maximum Gasteiger partial charge on any atom is 0.328 e. The standard InChI is InChI=1S/C33H46N6O10/c1-5-7-10-23(33(48)49-4)37-31(46)26-11-8-16-39(26)32(47)20(3)35-28(43)18-34-29(44)24(17-21-12-14-22(41)15-13-21)38-30(45)25(19-40)36-27(42)9-6-2/h5-7,9,12-15,20,23-26,40-41H,8,10-11,16-19H2,1-4H3,(H,34,44)(H,35,43)(H,36,42)(H,37,46)(H,38,45)/b7-5+,9-6+. The lowest BCUT2D eigenvalue weighted by molar-refractivity contribution is -0.146. The van der Waals surface area contributed by atoms with E-state index in [2.05, 4.69) is 26.6 Å². The molecule has 49 heavy (non-hydrogen) atoms. The molecule has 0 aromatic heterocycles. The van der Waals surface area contributed by atoms with Gasteiger partial charge >= 0.3 is 5.97 Å². The lowest BCUT2D eigenvalue weighted by Gasteiger charge is -2.28. The third-order valence-electron chi connectivity index (χ3n) is 7.56.